The molecule has 12 heteroatoms. The van der Waals surface area contributed by atoms with E-state index in [4.69, 9.17) is 0 Å². The Balaban J connectivity index is 1.54. The van der Waals surface area contributed by atoms with Crippen LogP contribution in [0.15, 0.2) is 36.8 Å². The molecule has 1 aliphatic heterocycles. The van der Waals surface area contributed by atoms with Crippen LogP contribution < -0.4 is 15.5 Å². The lowest BCUT2D eigenvalue weighted by Gasteiger charge is -2.33. The molecule has 1 aromatic carbocycles. The van der Waals surface area contributed by atoms with E-state index in [0.717, 1.165) is 30.8 Å². The van der Waals surface area contributed by atoms with Crippen molar-refractivity contribution in [1.82, 2.24) is 24.8 Å². The molecule has 1 saturated heterocycles. The third kappa shape index (κ3) is 5.57. The van der Waals surface area contributed by atoms with Crippen molar-refractivity contribution in [3.05, 3.63) is 59.6 Å². The van der Waals surface area contributed by atoms with Gasteiger partial charge in [-0.2, -0.15) is 13.2 Å². The number of rotatable bonds is 6. The number of piperidine rings is 1. The molecule has 0 aliphatic carbocycles. The van der Waals surface area contributed by atoms with Gasteiger partial charge in [-0.1, -0.05) is 0 Å². The van der Waals surface area contributed by atoms with E-state index in [-0.39, 0.29) is 17.4 Å². The fraction of sp³-hybridized carbons (Fsp3) is 0.360. The molecule has 0 spiro atoms. The molecule has 1 aliphatic rings. The van der Waals surface area contributed by atoms with Crippen LogP contribution in [0, 0.1) is 5.82 Å². The summed E-state index contributed by atoms with van der Waals surface area (Å²) in [6.07, 6.45) is 2.92. The second kappa shape index (κ2) is 10.6. The first kappa shape index (κ1) is 26.1. The molecule has 37 heavy (non-hydrogen) atoms. The summed E-state index contributed by atoms with van der Waals surface area (Å²) in [5.74, 6) is 0.571. The molecule has 3 aromatic rings. The van der Waals surface area contributed by atoms with Gasteiger partial charge in [0.2, 0.25) is 5.91 Å². The van der Waals surface area contributed by atoms with Gasteiger partial charge in [0.15, 0.2) is 0 Å². The molecule has 2 aromatic heterocycles. The van der Waals surface area contributed by atoms with Crippen LogP contribution >= 0.6 is 0 Å². The van der Waals surface area contributed by atoms with Crippen LogP contribution in [0.1, 0.15) is 35.7 Å². The lowest BCUT2D eigenvalue weighted by molar-refractivity contribution is -0.140. The van der Waals surface area contributed by atoms with Gasteiger partial charge in [-0.05, 0) is 37.1 Å². The molecule has 0 unspecified atom stereocenters. The van der Waals surface area contributed by atoms with Crippen LogP contribution in [0.4, 0.5) is 29.2 Å². The molecule has 1 amide bonds. The number of nitrogens with one attached hydrogen (secondary N) is 2. The van der Waals surface area contributed by atoms with Gasteiger partial charge in [-0.3, -0.25) is 4.79 Å². The number of amides is 1. The topological polar surface area (TPSA) is 88.0 Å². The summed E-state index contributed by atoms with van der Waals surface area (Å²) in [6, 6.07) is 2.93. The highest BCUT2D eigenvalue weighted by Gasteiger charge is 2.34. The average molecular weight is 518 g/mol. The number of halogens is 4. The van der Waals surface area contributed by atoms with E-state index in [9.17, 15) is 22.4 Å². The van der Waals surface area contributed by atoms with Crippen LogP contribution in [0.5, 0.6) is 0 Å². The van der Waals surface area contributed by atoms with Gasteiger partial charge < -0.3 is 20.1 Å². The summed E-state index contributed by atoms with van der Waals surface area (Å²) in [7, 11) is 5.10. The van der Waals surface area contributed by atoms with Crippen molar-refractivity contribution in [2.75, 3.05) is 37.4 Å². The Bertz CT molecular complexity index is 1310. The molecule has 0 radical (unpaired) electrons. The Labute approximate surface area is 211 Å². The van der Waals surface area contributed by atoms with E-state index >= 15 is 0 Å². The average Bonchev–Trinajstić information content (AvgIpc) is 3.28. The van der Waals surface area contributed by atoms with Gasteiger partial charge >= 0.3 is 6.18 Å². The molecule has 0 atom stereocenters. The summed E-state index contributed by atoms with van der Waals surface area (Å²) < 4.78 is 55.1. The van der Waals surface area contributed by atoms with Crippen molar-refractivity contribution in [1.29, 1.82) is 0 Å². The minimum absolute atomic E-state index is 0.0769. The van der Waals surface area contributed by atoms with Gasteiger partial charge in [0, 0.05) is 58.0 Å². The number of carbonyl (C=O) groups is 1. The zero-order chi connectivity index (χ0) is 26.7. The summed E-state index contributed by atoms with van der Waals surface area (Å²) >= 11 is 0. The Morgan fingerprint density at radius 1 is 1.16 bits per heavy atom. The largest absolute Gasteiger partial charge is 0.419 e. The smallest absolute Gasteiger partial charge is 0.372 e. The first-order valence-corrected chi connectivity index (χ1v) is 11.7. The summed E-state index contributed by atoms with van der Waals surface area (Å²) in [5, 5.41) is 5.57. The number of benzene rings is 1. The molecule has 4 rings (SSSR count). The predicted molar refractivity (Wildman–Crippen MR) is 132 cm³/mol. The summed E-state index contributed by atoms with van der Waals surface area (Å²) in [6.45, 7) is 1.31. The fourth-order valence-electron chi connectivity index (χ4n) is 4.48. The van der Waals surface area contributed by atoms with Crippen molar-refractivity contribution in [2.45, 2.75) is 24.9 Å². The standard InChI is InChI=1S/C25H27F4N7O/c1-30-21(37)7-5-17-22(31-2)32-14-33-24(17)36-10-8-15(9-11-36)23-34-20(13-35(23)3)16-4-6-19(26)18(12-16)25(27,28)29/h4-7,12-15H,8-11H2,1-3H3,(H,30,37)(H,31,32,33)/b7-5+. The highest BCUT2D eigenvalue weighted by Crippen LogP contribution is 2.36. The van der Waals surface area contributed by atoms with E-state index in [2.05, 4.69) is 30.5 Å². The predicted octanol–water partition coefficient (Wildman–Crippen LogP) is 4.22. The Morgan fingerprint density at radius 3 is 2.54 bits per heavy atom. The summed E-state index contributed by atoms with van der Waals surface area (Å²) in [5.41, 5.74) is -0.0386. The monoisotopic (exact) mass is 517 g/mol. The van der Waals surface area contributed by atoms with Gasteiger partial charge in [0.1, 0.15) is 29.6 Å². The molecule has 3 heterocycles. The third-order valence-corrected chi connectivity index (χ3v) is 6.39. The molecular formula is C25H27F4N7O. The number of anilines is 2. The number of aryl methyl sites for hydroxylation is 1. The Morgan fingerprint density at radius 2 is 1.89 bits per heavy atom. The number of alkyl halides is 3. The van der Waals surface area contributed by atoms with E-state index < -0.39 is 17.6 Å². The van der Waals surface area contributed by atoms with Gasteiger partial charge in [0.25, 0.3) is 0 Å². The number of nitrogens with zero attached hydrogens (tertiary/aromatic N) is 5. The first-order valence-electron chi connectivity index (χ1n) is 11.7. The molecule has 0 bridgehead atoms. The van der Waals surface area contributed by atoms with Crippen molar-refractivity contribution in [2.24, 2.45) is 7.05 Å². The Hall–Kier alpha value is -3.96. The molecule has 196 valence electrons. The SMILES string of the molecule is CNC(=O)/C=C/c1c(NC)ncnc1N1CCC(c2nc(-c3ccc(F)c(C(F)(F)F)c3)cn2C)CC1. The normalized spacial score (nSPS) is 14.8. The molecular weight excluding hydrogens is 490 g/mol. The lowest BCUT2D eigenvalue weighted by Crippen LogP contribution is -2.34. The maximum absolute atomic E-state index is 13.7. The highest BCUT2D eigenvalue weighted by atomic mass is 19.4. The third-order valence-electron chi connectivity index (χ3n) is 6.39. The van der Waals surface area contributed by atoms with Crippen LogP contribution in [0.3, 0.4) is 0 Å². The molecule has 2 N–H and O–H groups in total. The second-order valence-electron chi connectivity index (χ2n) is 8.71. The number of carbonyl (C=O) groups excluding carboxylic acids is 1. The van der Waals surface area contributed by atoms with E-state index in [1.807, 2.05) is 4.57 Å². The number of hydrogen-bond donors (Lipinski definition) is 2. The quantitative estimate of drug-likeness (QED) is 0.376. The van der Waals surface area contributed by atoms with E-state index in [0.29, 0.717) is 36.0 Å². The van der Waals surface area contributed by atoms with Crippen molar-refractivity contribution in [3.63, 3.8) is 0 Å². The van der Waals surface area contributed by atoms with Crippen molar-refractivity contribution >= 4 is 23.6 Å². The van der Waals surface area contributed by atoms with Crippen molar-refractivity contribution in [3.8, 4) is 11.3 Å². The highest BCUT2D eigenvalue weighted by molar-refractivity contribution is 5.93. The molecule has 8 nitrogen and oxygen atoms in total. The van der Waals surface area contributed by atoms with Crippen LogP contribution in [-0.4, -0.2) is 52.6 Å². The minimum atomic E-state index is -4.78. The van der Waals surface area contributed by atoms with E-state index in [1.54, 1.807) is 33.4 Å². The fourth-order valence-corrected chi connectivity index (χ4v) is 4.48. The molecule has 1 fully saturated rings. The van der Waals surface area contributed by atoms with Crippen molar-refractivity contribution < 1.29 is 22.4 Å². The van der Waals surface area contributed by atoms with Gasteiger partial charge in [-0.25, -0.2) is 19.3 Å². The summed E-state index contributed by atoms with van der Waals surface area (Å²) in [4.78, 5) is 27.2. The maximum Gasteiger partial charge on any atom is 0.419 e. The van der Waals surface area contributed by atoms with E-state index in [1.165, 1.54) is 18.5 Å². The Kier molecular flexibility index (Phi) is 7.46. The van der Waals surface area contributed by atoms with Gasteiger partial charge in [-0.15, -0.1) is 0 Å². The van der Waals surface area contributed by atoms with Crippen LogP contribution in [-0.2, 0) is 18.0 Å². The van der Waals surface area contributed by atoms with Crippen LogP contribution in [0.2, 0.25) is 0 Å². The first-order chi connectivity index (χ1) is 17.6. The minimum Gasteiger partial charge on any atom is -0.372 e. The number of imidazole rings is 1. The lowest BCUT2D eigenvalue weighted by atomic mass is 9.95. The maximum atomic E-state index is 13.7. The molecule has 0 saturated carbocycles. The van der Waals surface area contributed by atoms with Crippen LogP contribution in [0.25, 0.3) is 17.3 Å². The van der Waals surface area contributed by atoms with Gasteiger partial charge in [0.05, 0.1) is 16.8 Å². The second-order valence-corrected chi connectivity index (χ2v) is 8.71. The zero-order valence-corrected chi connectivity index (χ0v) is 20.6. The number of likely N-dealkylation sites (N-methyl/N-ethyl adjacent to an activating group) is 1. The number of hydrogen-bond acceptors (Lipinski definition) is 6. The number of aromatic nitrogens is 4. The zero-order valence-electron chi connectivity index (χ0n) is 20.6.